The molecule has 0 fully saturated rings. The molecule has 2 aromatic rings. The Morgan fingerprint density at radius 3 is 1.29 bits per heavy atom. The maximum atomic E-state index is 9.85. The number of phenolic OH excluding ortho intramolecular Hbond substituents is 2. The minimum absolute atomic E-state index is 0.228. The number of phenols is 2. The van der Waals surface area contributed by atoms with Crippen LogP contribution in [0.1, 0.15) is 75.3 Å². The van der Waals surface area contributed by atoms with Crippen molar-refractivity contribution in [3.63, 3.8) is 0 Å². The zero-order valence-corrected chi connectivity index (χ0v) is 20.7. The fourth-order valence-electron chi connectivity index (χ4n) is 3.67. The average molecular weight is 469 g/mol. The molecule has 0 unspecified atom stereocenters. The molecular weight excluding hydrogens is 428 g/mol. The number of rotatable bonds is 17. The van der Waals surface area contributed by atoms with Gasteiger partial charge in [0.2, 0.25) is 0 Å². The van der Waals surface area contributed by atoms with Crippen molar-refractivity contribution in [1.82, 2.24) is 0 Å². The third-order valence-corrected chi connectivity index (χ3v) is 5.75. The monoisotopic (exact) mass is 468 g/mol. The number of hydrogen-bond donors (Lipinski definition) is 2. The number of unbranched alkanes of at least 4 members (excludes halogenated alkanes) is 9. The molecule has 6 nitrogen and oxygen atoms in total. The van der Waals surface area contributed by atoms with Crippen LogP contribution in [0.2, 0.25) is 0 Å². The van der Waals surface area contributed by atoms with Gasteiger partial charge in [-0.1, -0.05) is 51.4 Å². The number of nitrogens with zero attached hydrogens (tertiary/aromatic N) is 2. The molecule has 0 aliphatic heterocycles. The SMILES string of the molecule is COc1ccc(O)c(/C=N/CCCCCCCCCCCC/N=C/c2cc(OC)ccc2O)c1. The Kier molecular flexibility index (Phi) is 13.3. The molecule has 2 N–H and O–H groups in total. The van der Waals surface area contributed by atoms with E-state index in [0.29, 0.717) is 11.1 Å². The number of aliphatic imine (C=N–C) groups is 2. The summed E-state index contributed by atoms with van der Waals surface area (Å²) in [7, 11) is 3.23. The molecule has 0 saturated carbocycles. The fourth-order valence-corrected chi connectivity index (χ4v) is 3.67. The van der Waals surface area contributed by atoms with Gasteiger partial charge in [-0.3, -0.25) is 9.98 Å². The predicted octanol–water partition coefficient (Wildman–Crippen LogP) is 6.55. The predicted molar refractivity (Wildman–Crippen MR) is 140 cm³/mol. The van der Waals surface area contributed by atoms with Crippen LogP contribution in [0.15, 0.2) is 46.4 Å². The van der Waals surface area contributed by atoms with E-state index < -0.39 is 0 Å². The third kappa shape index (κ3) is 10.7. The van der Waals surface area contributed by atoms with E-state index in [-0.39, 0.29) is 11.5 Å². The van der Waals surface area contributed by atoms with Crippen LogP contribution < -0.4 is 9.47 Å². The molecule has 2 aromatic carbocycles. The summed E-state index contributed by atoms with van der Waals surface area (Å²) in [6.07, 6.45) is 15.7. The number of ether oxygens (including phenoxy) is 2. The van der Waals surface area contributed by atoms with Crippen molar-refractivity contribution in [3.05, 3.63) is 47.5 Å². The van der Waals surface area contributed by atoms with E-state index in [1.807, 2.05) is 0 Å². The van der Waals surface area contributed by atoms with E-state index in [4.69, 9.17) is 9.47 Å². The molecule has 0 radical (unpaired) electrons. The Bertz CT molecular complexity index is 822. The van der Waals surface area contributed by atoms with Crippen molar-refractivity contribution in [1.29, 1.82) is 0 Å². The highest BCUT2D eigenvalue weighted by Gasteiger charge is 2.01. The Balaban J connectivity index is 1.41. The van der Waals surface area contributed by atoms with E-state index in [1.165, 1.54) is 51.4 Å². The molecule has 6 heteroatoms. The number of hydrogen-bond acceptors (Lipinski definition) is 6. The van der Waals surface area contributed by atoms with Crippen LogP contribution in [0.3, 0.4) is 0 Å². The molecule has 2 rings (SSSR count). The lowest BCUT2D eigenvalue weighted by Gasteiger charge is -2.03. The van der Waals surface area contributed by atoms with Crippen LogP contribution in [-0.2, 0) is 0 Å². The lowest BCUT2D eigenvalue weighted by molar-refractivity contribution is 0.412. The van der Waals surface area contributed by atoms with Crippen molar-refractivity contribution in [2.75, 3.05) is 27.3 Å². The number of benzene rings is 2. The van der Waals surface area contributed by atoms with E-state index in [0.717, 1.165) is 37.4 Å². The summed E-state index contributed by atoms with van der Waals surface area (Å²) in [6.45, 7) is 1.58. The van der Waals surface area contributed by atoms with Crippen molar-refractivity contribution in [3.8, 4) is 23.0 Å². The minimum Gasteiger partial charge on any atom is -0.507 e. The van der Waals surface area contributed by atoms with E-state index >= 15 is 0 Å². The van der Waals surface area contributed by atoms with Crippen LogP contribution in [0.5, 0.6) is 23.0 Å². The highest BCUT2D eigenvalue weighted by atomic mass is 16.5. The van der Waals surface area contributed by atoms with Gasteiger partial charge in [0.05, 0.1) is 14.2 Å². The third-order valence-electron chi connectivity index (χ3n) is 5.75. The fraction of sp³-hybridized carbons (Fsp3) is 0.500. The molecule has 0 amide bonds. The van der Waals surface area contributed by atoms with Gasteiger partial charge in [-0.05, 0) is 49.2 Å². The quantitative estimate of drug-likeness (QED) is 0.204. The highest BCUT2D eigenvalue weighted by molar-refractivity contribution is 5.84. The van der Waals surface area contributed by atoms with Gasteiger partial charge >= 0.3 is 0 Å². The first kappa shape index (κ1) is 27.2. The first-order valence-electron chi connectivity index (χ1n) is 12.4. The van der Waals surface area contributed by atoms with Gasteiger partial charge in [-0.15, -0.1) is 0 Å². The second kappa shape index (κ2) is 16.6. The largest absolute Gasteiger partial charge is 0.507 e. The molecule has 34 heavy (non-hydrogen) atoms. The van der Waals surface area contributed by atoms with Gasteiger partial charge in [-0.25, -0.2) is 0 Å². The Hall–Kier alpha value is -3.02. The molecule has 0 saturated heterocycles. The van der Waals surface area contributed by atoms with Gasteiger partial charge in [0, 0.05) is 36.6 Å². The summed E-state index contributed by atoms with van der Waals surface area (Å²) >= 11 is 0. The normalized spacial score (nSPS) is 11.5. The zero-order valence-electron chi connectivity index (χ0n) is 20.7. The maximum absolute atomic E-state index is 9.85. The average Bonchev–Trinajstić information content (AvgIpc) is 2.85. The molecule has 0 aliphatic rings. The minimum atomic E-state index is 0.228. The first-order valence-corrected chi connectivity index (χ1v) is 12.4. The second-order valence-electron chi connectivity index (χ2n) is 8.46. The van der Waals surface area contributed by atoms with Gasteiger partial charge < -0.3 is 19.7 Å². The first-order chi connectivity index (χ1) is 16.6. The molecule has 186 valence electrons. The van der Waals surface area contributed by atoms with Crippen LogP contribution >= 0.6 is 0 Å². The van der Waals surface area contributed by atoms with E-state index in [1.54, 1.807) is 63.0 Å². The lowest BCUT2D eigenvalue weighted by atomic mass is 10.1. The Morgan fingerprint density at radius 2 is 0.941 bits per heavy atom. The van der Waals surface area contributed by atoms with Crippen molar-refractivity contribution in [2.24, 2.45) is 9.98 Å². The van der Waals surface area contributed by atoms with Crippen LogP contribution in [-0.4, -0.2) is 50.0 Å². The summed E-state index contributed by atoms with van der Waals surface area (Å²) in [6, 6.07) is 10.3. The molecule has 0 heterocycles. The molecular formula is C28H40N2O4. The topological polar surface area (TPSA) is 83.6 Å². The molecule has 0 bridgehead atoms. The summed E-state index contributed by atoms with van der Waals surface area (Å²) in [5.41, 5.74) is 1.39. The molecule has 0 atom stereocenters. The van der Waals surface area contributed by atoms with E-state index in [2.05, 4.69) is 9.98 Å². The zero-order chi connectivity index (χ0) is 24.4. The summed E-state index contributed by atoms with van der Waals surface area (Å²) in [4.78, 5) is 8.86. The van der Waals surface area contributed by atoms with Crippen molar-refractivity contribution in [2.45, 2.75) is 64.2 Å². The summed E-state index contributed by atoms with van der Waals surface area (Å²) in [5.74, 6) is 1.90. The highest BCUT2D eigenvalue weighted by Crippen LogP contribution is 2.22. The summed E-state index contributed by atoms with van der Waals surface area (Å²) < 4.78 is 10.3. The Morgan fingerprint density at radius 1 is 0.588 bits per heavy atom. The molecule has 0 aliphatic carbocycles. The van der Waals surface area contributed by atoms with E-state index in [9.17, 15) is 10.2 Å². The van der Waals surface area contributed by atoms with Crippen molar-refractivity contribution >= 4 is 12.4 Å². The van der Waals surface area contributed by atoms with Gasteiger partial charge in [-0.2, -0.15) is 0 Å². The molecule has 0 spiro atoms. The van der Waals surface area contributed by atoms with Crippen LogP contribution in [0, 0.1) is 0 Å². The standard InChI is InChI=1S/C28H40N2O4/c1-33-25-13-15-27(31)23(19-25)21-29-17-11-9-7-5-3-4-6-8-10-12-18-30-22-24-20-26(34-2)14-16-28(24)32/h13-16,19-22,31-32H,3-12,17-18H2,1-2H3/b29-21+,30-22+. The molecule has 0 aromatic heterocycles. The maximum Gasteiger partial charge on any atom is 0.124 e. The smallest absolute Gasteiger partial charge is 0.124 e. The van der Waals surface area contributed by atoms with Crippen LogP contribution in [0.25, 0.3) is 0 Å². The van der Waals surface area contributed by atoms with Crippen LogP contribution in [0.4, 0.5) is 0 Å². The lowest BCUT2D eigenvalue weighted by Crippen LogP contribution is -1.90. The number of aromatic hydroxyl groups is 2. The van der Waals surface area contributed by atoms with Gasteiger partial charge in [0.15, 0.2) is 0 Å². The van der Waals surface area contributed by atoms with Gasteiger partial charge in [0.1, 0.15) is 23.0 Å². The Labute approximate surface area is 204 Å². The second-order valence-corrected chi connectivity index (χ2v) is 8.46. The number of methoxy groups -OCH3 is 2. The van der Waals surface area contributed by atoms with Gasteiger partial charge in [0.25, 0.3) is 0 Å². The summed E-state index contributed by atoms with van der Waals surface area (Å²) in [5, 5.41) is 19.7. The van der Waals surface area contributed by atoms with Crippen molar-refractivity contribution < 1.29 is 19.7 Å².